The molecule has 0 unspecified atom stereocenters. The first-order valence-corrected chi connectivity index (χ1v) is 6.72. The summed E-state index contributed by atoms with van der Waals surface area (Å²) >= 11 is 0. The van der Waals surface area contributed by atoms with Gasteiger partial charge in [0.1, 0.15) is 5.56 Å². The van der Waals surface area contributed by atoms with E-state index in [1.807, 2.05) is 0 Å². The molecule has 106 valence electrons. The topological polar surface area (TPSA) is 78.6 Å². The Morgan fingerprint density at radius 3 is 2.79 bits per heavy atom. The molecule has 1 heterocycles. The Morgan fingerprint density at radius 1 is 1.53 bits per heavy atom. The van der Waals surface area contributed by atoms with Gasteiger partial charge in [-0.05, 0) is 12.8 Å². The molecule has 0 amide bonds. The van der Waals surface area contributed by atoms with E-state index >= 15 is 0 Å². The minimum Gasteiger partial charge on any atom is -0.478 e. The van der Waals surface area contributed by atoms with E-state index in [0.717, 1.165) is 12.8 Å². The first-order chi connectivity index (χ1) is 9.13. The third-order valence-electron chi connectivity index (χ3n) is 3.87. The highest BCUT2D eigenvalue weighted by Crippen LogP contribution is 2.25. The average molecular weight is 267 g/mol. The Morgan fingerprint density at radius 2 is 2.21 bits per heavy atom. The number of aromatic nitrogens is 2. The molecule has 2 rings (SSSR count). The van der Waals surface area contributed by atoms with Gasteiger partial charge in [-0.1, -0.05) is 12.8 Å². The predicted octanol–water partition coefficient (Wildman–Crippen LogP) is 0.855. The second-order valence-electron chi connectivity index (χ2n) is 5.07. The molecule has 0 aliphatic heterocycles. The standard InChI is InChI=1S/C13H21N3O3/c1-15-12(11(8-14-15)13(18)19)9-16(6-7-17)10-4-2-3-5-10/h8,10,17H,2-7,9H2,1H3,(H,18,19). The molecule has 0 saturated heterocycles. The number of hydrogen-bond donors (Lipinski definition) is 2. The van der Waals surface area contributed by atoms with E-state index in [1.165, 1.54) is 19.0 Å². The van der Waals surface area contributed by atoms with Crippen LogP contribution in [0.15, 0.2) is 6.20 Å². The number of carboxylic acids is 1. The molecule has 0 bridgehead atoms. The molecular weight excluding hydrogens is 246 g/mol. The quantitative estimate of drug-likeness (QED) is 0.799. The van der Waals surface area contributed by atoms with Gasteiger partial charge in [0, 0.05) is 26.2 Å². The van der Waals surface area contributed by atoms with Crippen molar-refractivity contribution < 1.29 is 15.0 Å². The Labute approximate surface area is 112 Å². The number of nitrogens with zero attached hydrogens (tertiary/aromatic N) is 3. The van der Waals surface area contributed by atoms with Gasteiger partial charge in [-0.2, -0.15) is 5.10 Å². The molecule has 1 saturated carbocycles. The van der Waals surface area contributed by atoms with Crippen LogP contribution in [0.3, 0.4) is 0 Å². The first kappa shape index (κ1) is 14.0. The summed E-state index contributed by atoms with van der Waals surface area (Å²) in [6.07, 6.45) is 6.07. The van der Waals surface area contributed by atoms with Crippen LogP contribution in [0.25, 0.3) is 0 Å². The number of rotatable bonds is 6. The maximum atomic E-state index is 11.2. The van der Waals surface area contributed by atoms with Crippen molar-refractivity contribution in [3.8, 4) is 0 Å². The van der Waals surface area contributed by atoms with Gasteiger partial charge in [-0.3, -0.25) is 9.58 Å². The third kappa shape index (κ3) is 3.13. The smallest absolute Gasteiger partial charge is 0.339 e. The van der Waals surface area contributed by atoms with Crippen molar-refractivity contribution in [2.45, 2.75) is 38.3 Å². The minimum atomic E-state index is -0.946. The Balaban J connectivity index is 2.16. The van der Waals surface area contributed by atoms with Gasteiger partial charge < -0.3 is 10.2 Å². The summed E-state index contributed by atoms with van der Waals surface area (Å²) < 4.78 is 1.61. The van der Waals surface area contributed by atoms with Crippen molar-refractivity contribution in [3.05, 3.63) is 17.5 Å². The Kier molecular flexibility index (Phi) is 4.55. The number of aliphatic hydroxyl groups excluding tert-OH is 1. The van der Waals surface area contributed by atoms with Crippen LogP contribution < -0.4 is 0 Å². The van der Waals surface area contributed by atoms with E-state index < -0.39 is 5.97 Å². The monoisotopic (exact) mass is 267 g/mol. The lowest BCUT2D eigenvalue weighted by atomic mass is 10.1. The van der Waals surface area contributed by atoms with Crippen LogP contribution in [0, 0.1) is 0 Å². The number of carbonyl (C=O) groups is 1. The predicted molar refractivity (Wildman–Crippen MR) is 69.9 cm³/mol. The lowest BCUT2D eigenvalue weighted by Crippen LogP contribution is -2.36. The second kappa shape index (κ2) is 6.16. The van der Waals surface area contributed by atoms with E-state index in [0.29, 0.717) is 24.8 Å². The van der Waals surface area contributed by atoms with Gasteiger partial charge in [0.2, 0.25) is 0 Å². The lowest BCUT2D eigenvalue weighted by molar-refractivity contribution is 0.0692. The van der Waals surface area contributed by atoms with Crippen LogP contribution in [0.1, 0.15) is 41.7 Å². The first-order valence-electron chi connectivity index (χ1n) is 6.72. The summed E-state index contributed by atoms with van der Waals surface area (Å²) in [7, 11) is 1.76. The van der Waals surface area contributed by atoms with Gasteiger partial charge in [0.25, 0.3) is 0 Å². The molecule has 19 heavy (non-hydrogen) atoms. The molecule has 1 aromatic heterocycles. The minimum absolute atomic E-state index is 0.0940. The number of carboxylic acid groups (broad SMARTS) is 1. The molecule has 2 N–H and O–H groups in total. The number of aryl methyl sites for hydroxylation is 1. The summed E-state index contributed by atoms with van der Waals surface area (Å²) in [5.41, 5.74) is 0.955. The van der Waals surface area contributed by atoms with Gasteiger partial charge >= 0.3 is 5.97 Å². The highest BCUT2D eigenvalue weighted by molar-refractivity contribution is 5.88. The summed E-state index contributed by atoms with van der Waals surface area (Å²) in [5, 5.41) is 22.4. The molecule has 1 fully saturated rings. The normalized spacial score (nSPS) is 16.4. The maximum absolute atomic E-state index is 11.2. The maximum Gasteiger partial charge on any atom is 0.339 e. The van der Waals surface area contributed by atoms with Crippen LogP contribution >= 0.6 is 0 Å². The van der Waals surface area contributed by atoms with Crippen molar-refractivity contribution in [3.63, 3.8) is 0 Å². The van der Waals surface area contributed by atoms with E-state index in [1.54, 1.807) is 11.7 Å². The van der Waals surface area contributed by atoms with Crippen LogP contribution in [-0.2, 0) is 13.6 Å². The van der Waals surface area contributed by atoms with Crippen LogP contribution in [0.2, 0.25) is 0 Å². The SMILES string of the molecule is Cn1ncc(C(=O)O)c1CN(CCO)C1CCCC1. The molecule has 1 aliphatic rings. The summed E-state index contributed by atoms with van der Waals surface area (Å²) in [6, 6.07) is 0.448. The zero-order chi connectivity index (χ0) is 13.8. The average Bonchev–Trinajstić information content (AvgIpc) is 2.99. The van der Waals surface area contributed by atoms with E-state index in [9.17, 15) is 9.90 Å². The molecule has 0 atom stereocenters. The van der Waals surface area contributed by atoms with E-state index in [4.69, 9.17) is 5.11 Å². The highest BCUT2D eigenvalue weighted by atomic mass is 16.4. The zero-order valence-corrected chi connectivity index (χ0v) is 11.2. The molecule has 0 spiro atoms. The Bertz CT molecular complexity index is 438. The lowest BCUT2D eigenvalue weighted by Gasteiger charge is -2.28. The molecule has 1 aliphatic carbocycles. The van der Waals surface area contributed by atoms with Gasteiger partial charge in [0.15, 0.2) is 0 Å². The fourth-order valence-corrected chi connectivity index (χ4v) is 2.81. The molecular formula is C13H21N3O3. The molecule has 6 heteroatoms. The molecule has 0 radical (unpaired) electrons. The van der Waals surface area contributed by atoms with Crippen LogP contribution in [0.4, 0.5) is 0 Å². The number of aromatic carboxylic acids is 1. The summed E-state index contributed by atoms with van der Waals surface area (Å²) in [6.45, 7) is 1.20. The molecule has 0 aromatic carbocycles. The Hall–Kier alpha value is -1.40. The zero-order valence-electron chi connectivity index (χ0n) is 11.2. The highest BCUT2D eigenvalue weighted by Gasteiger charge is 2.25. The van der Waals surface area contributed by atoms with Crippen molar-refractivity contribution in [2.24, 2.45) is 7.05 Å². The largest absolute Gasteiger partial charge is 0.478 e. The number of hydrogen-bond acceptors (Lipinski definition) is 4. The summed E-state index contributed by atoms with van der Waals surface area (Å²) in [4.78, 5) is 13.4. The van der Waals surface area contributed by atoms with Crippen molar-refractivity contribution in [2.75, 3.05) is 13.2 Å². The van der Waals surface area contributed by atoms with E-state index in [2.05, 4.69) is 10.00 Å². The number of aliphatic hydroxyl groups is 1. The fraction of sp³-hybridized carbons (Fsp3) is 0.692. The van der Waals surface area contributed by atoms with Crippen LogP contribution in [-0.4, -0.2) is 50.1 Å². The van der Waals surface area contributed by atoms with Gasteiger partial charge in [-0.15, -0.1) is 0 Å². The van der Waals surface area contributed by atoms with Gasteiger partial charge in [0.05, 0.1) is 18.5 Å². The second-order valence-corrected chi connectivity index (χ2v) is 5.07. The fourth-order valence-electron chi connectivity index (χ4n) is 2.81. The molecule has 1 aromatic rings. The third-order valence-corrected chi connectivity index (χ3v) is 3.87. The van der Waals surface area contributed by atoms with Crippen molar-refractivity contribution in [1.82, 2.24) is 14.7 Å². The van der Waals surface area contributed by atoms with Crippen molar-refractivity contribution >= 4 is 5.97 Å². The van der Waals surface area contributed by atoms with Crippen LogP contribution in [0.5, 0.6) is 0 Å². The van der Waals surface area contributed by atoms with E-state index in [-0.39, 0.29) is 12.2 Å². The summed E-state index contributed by atoms with van der Waals surface area (Å²) in [5.74, 6) is -0.946. The molecule has 6 nitrogen and oxygen atoms in total. The van der Waals surface area contributed by atoms with Crippen molar-refractivity contribution in [1.29, 1.82) is 0 Å². The van der Waals surface area contributed by atoms with Gasteiger partial charge in [-0.25, -0.2) is 4.79 Å².